The third-order valence-electron chi connectivity index (χ3n) is 4.37. The second-order valence-corrected chi connectivity index (χ2v) is 6.41. The zero-order chi connectivity index (χ0) is 17.9. The first kappa shape index (κ1) is 18.0. The summed E-state index contributed by atoms with van der Waals surface area (Å²) in [6.07, 6.45) is 0.983. The van der Waals surface area contributed by atoms with Gasteiger partial charge in [-0.05, 0) is 31.9 Å². The van der Waals surface area contributed by atoms with Crippen LogP contribution in [0.2, 0.25) is 0 Å². The van der Waals surface area contributed by atoms with Crippen LogP contribution >= 0.6 is 0 Å². The lowest BCUT2D eigenvalue weighted by atomic mass is 10.1. The van der Waals surface area contributed by atoms with Crippen LogP contribution in [0.25, 0.3) is 0 Å². The summed E-state index contributed by atoms with van der Waals surface area (Å²) in [5, 5.41) is 0. The smallest absolute Gasteiger partial charge is 0.237 e. The van der Waals surface area contributed by atoms with Crippen molar-refractivity contribution in [1.82, 2.24) is 4.90 Å². The van der Waals surface area contributed by atoms with E-state index in [4.69, 9.17) is 5.73 Å². The molecule has 0 radical (unpaired) electrons. The quantitative estimate of drug-likeness (QED) is 0.853. The van der Waals surface area contributed by atoms with Crippen LogP contribution in [0.5, 0.6) is 0 Å². The number of carbonyl (C=O) groups is 3. The highest BCUT2D eigenvalue weighted by atomic mass is 16.2. The van der Waals surface area contributed by atoms with Crippen LogP contribution in [0.4, 0.5) is 5.69 Å². The second-order valence-electron chi connectivity index (χ2n) is 6.41. The van der Waals surface area contributed by atoms with Crippen LogP contribution in [-0.4, -0.2) is 41.8 Å². The molecule has 0 bridgehead atoms. The van der Waals surface area contributed by atoms with E-state index in [2.05, 4.69) is 0 Å². The first-order chi connectivity index (χ1) is 11.3. The van der Waals surface area contributed by atoms with E-state index in [-0.39, 0.29) is 30.8 Å². The summed E-state index contributed by atoms with van der Waals surface area (Å²) in [6, 6.07) is 7.60. The van der Waals surface area contributed by atoms with Gasteiger partial charge in [-0.25, -0.2) is 0 Å². The number of hydrogen-bond acceptors (Lipinski definition) is 3. The van der Waals surface area contributed by atoms with Crippen LogP contribution in [0.1, 0.15) is 32.8 Å². The number of nitrogens with zero attached hydrogens (tertiary/aromatic N) is 2. The van der Waals surface area contributed by atoms with Gasteiger partial charge in [0, 0.05) is 24.7 Å². The first-order valence-electron chi connectivity index (χ1n) is 8.32. The third kappa shape index (κ3) is 3.75. The van der Waals surface area contributed by atoms with Crippen molar-refractivity contribution in [2.45, 2.75) is 39.7 Å². The summed E-state index contributed by atoms with van der Waals surface area (Å²) in [6.45, 7) is 5.93. The molecule has 1 atom stereocenters. The number of para-hydroxylation sites is 1. The summed E-state index contributed by atoms with van der Waals surface area (Å²) in [4.78, 5) is 39.5. The van der Waals surface area contributed by atoms with E-state index in [1.165, 1.54) is 4.90 Å². The van der Waals surface area contributed by atoms with Gasteiger partial charge >= 0.3 is 0 Å². The zero-order valence-corrected chi connectivity index (χ0v) is 14.5. The first-order valence-corrected chi connectivity index (χ1v) is 8.32. The Morgan fingerprint density at radius 1 is 1.33 bits per heavy atom. The van der Waals surface area contributed by atoms with Crippen molar-refractivity contribution in [1.29, 1.82) is 0 Å². The maximum atomic E-state index is 12.7. The van der Waals surface area contributed by atoms with Crippen LogP contribution in [0.3, 0.4) is 0 Å². The highest BCUT2D eigenvalue weighted by Gasteiger charge is 2.38. The number of primary amides is 1. The van der Waals surface area contributed by atoms with E-state index in [9.17, 15) is 14.4 Å². The number of rotatable bonds is 6. The molecule has 0 aromatic heterocycles. The highest BCUT2D eigenvalue weighted by Crippen LogP contribution is 2.29. The Balaban J connectivity index is 2.19. The molecule has 1 fully saturated rings. The van der Waals surface area contributed by atoms with Gasteiger partial charge in [0.1, 0.15) is 0 Å². The number of nitrogens with two attached hydrogens (primary N) is 1. The van der Waals surface area contributed by atoms with Crippen LogP contribution in [0.15, 0.2) is 24.3 Å². The van der Waals surface area contributed by atoms with Crippen molar-refractivity contribution in [3.63, 3.8) is 0 Å². The van der Waals surface area contributed by atoms with E-state index in [1.54, 1.807) is 4.90 Å². The molecule has 1 heterocycles. The van der Waals surface area contributed by atoms with Crippen LogP contribution < -0.4 is 10.6 Å². The van der Waals surface area contributed by atoms with Crippen molar-refractivity contribution in [2.75, 3.05) is 18.0 Å². The summed E-state index contributed by atoms with van der Waals surface area (Å²) in [5.74, 6) is -1.23. The topological polar surface area (TPSA) is 83.7 Å². The van der Waals surface area contributed by atoms with Crippen molar-refractivity contribution in [3.8, 4) is 0 Å². The SMILES string of the molecule is CCc1ccccc1N1CC(C(=O)N(CC(N)=O)C(C)C)CC1=O. The van der Waals surface area contributed by atoms with E-state index < -0.39 is 11.8 Å². The molecule has 1 unspecified atom stereocenters. The fraction of sp³-hybridized carbons (Fsp3) is 0.500. The molecule has 1 aromatic rings. The van der Waals surface area contributed by atoms with Gasteiger partial charge in [0.25, 0.3) is 0 Å². The lowest BCUT2D eigenvalue weighted by Crippen LogP contribution is -2.46. The lowest BCUT2D eigenvalue weighted by molar-refractivity contribution is -0.140. The Bertz CT molecular complexity index is 642. The van der Waals surface area contributed by atoms with Crippen LogP contribution in [-0.2, 0) is 20.8 Å². The second kappa shape index (κ2) is 7.47. The van der Waals surface area contributed by atoms with E-state index in [0.717, 1.165) is 17.7 Å². The van der Waals surface area contributed by atoms with E-state index in [1.807, 2.05) is 45.0 Å². The number of aryl methyl sites for hydroxylation is 1. The minimum absolute atomic E-state index is 0.0583. The largest absolute Gasteiger partial charge is 0.368 e. The minimum Gasteiger partial charge on any atom is -0.368 e. The Labute approximate surface area is 142 Å². The Hall–Kier alpha value is -2.37. The van der Waals surface area contributed by atoms with Gasteiger partial charge in [-0.1, -0.05) is 25.1 Å². The van der Waals surface area contributed by atoms with Crippen molar-refractivity contribution in [3.05, 3.63) is 29.8 Å². The molecule has 0 spiro atoms. The van der Waals surface area contributed by atoms with Gasteiger partial charge in [0.2, 0.25) is 17.7 Å². The van der Waals surface area contributed by atoms with Crippen molar-refractivity contribution in [2.24, 2.45) is 11.7 Å². The van der Waals surface area contributed by atoms with Gasteiger partial charge in [-0.2, -0.15) is 0 Å². The molecular formula is C18H25N3O3. The molecule has 1 saturated heterocycles. The number of amides is 3. The fourth-order valence-electron chi connectivity index (χ4n) is 3.10. The average Bonchev–Trinajstić information content (AvgIpc) is 2.93. The standard InChI is InChI=1S/C18H25N3O3/c1-4-13-7-5-6-8-15(13)21-10-14(9-17(21)23)18(24)20(12(2)3)11-16(19)22/h5-8,12,14H,4,9-11H2,1-3H3,(H2,19,22). The molecule has 1 aromatic carbocycles. The van der Waals surface area contributed by atoms with Gasteiger partial charge in [-0.3, -0.25) is 14.4 Å². The zero-order valence-electron chi connectivity index (χ0n) is 14.5. The molecule has 130 valence electrons. The summed E-state index contributed by atoms with van der Waals surface area (Å²) < 4.78 is 0. The number of benzene rings is 1. The minimum atomic E-state index is -0.547. The predicted octanol–water partition coefficient (Wildman–Crippen LogP) is 1.32. The normalized spacial score (nSPS) is 17.4. The monoisotopic (exact) mass is 331 g/mol. The van der Waals surface area contributed by atoms with Crippen LogP contribution in [0, 0.1) is 5.92 Å². The summed E-state index contributed by atoms with van der Waals surface area (Å²) >= 11 is 0. The Morgan fingerprint density at radius 3 is 2.58 bits per heavy atom. The van der Waals surface area contributed by atoms with Gasteiger partial charge in [0.05, 0.1) is 12.5 Å². The molecule has 0 saturated carbocycles. The molecule has 1 aliphatic rings. The molecule has 0 aliphatic carbocycles. The predicted molar refractivity (Wildman–Crippen MR) is 92.3 cm³/mol. The molecule has 6 nitrogen and oxygen atoms in total. The molecule has 3 amide bonds. The van der Waals surface area contributed by atoms with Crippen molar-refractivity contribution < 1.29 is 14.4 Å². The fourth-order valence-corrected chi connectivity index (χ4v) is 3.10. The molecule has 2 N–H and O–H groups in total. The maximum Gasteiger partial charge on any atom is 0.237 e. The molecule has 1 aliphatic heterocycles. The summed E-state index contributed by atoms with van der Waals surface area (Å²) in [7, 11) is 0. The maximum absolute atomic E-state index is 12.7. The van der Waals surface area contributed by atoms with Gasteiger partial charge < -0.3 is 15.5 Å². The number of hydrogen-bond donors (Lipinski definition) is 1. The van der Waals surface area contributed by atoms with E-state index in [0.29, 0.717) is 6.54 Å². The Kier molecular flexibility index (Phi) is 5.59. The molecule has 2 rings (SSSR count). The number of anilines is 1. The average molecular weight is 331 g/mol. The Morgan fingerprint density at radius 2 is 2.00 bits per heavy atom. The third-order valence-corrected chi connectivity index (χ3v) is 4.37. The number of carbonyl (C=O) groups excluding carboxylic acids is 3. The van der Waals surface area contributed by atoms with Crippen molar-refractivity contribution >= 4 is 23.4 Å². The molecular weight excluding hydrogens is 306 g/mol. The van der Waals surface area contributed by atoms with Gasteiger partial charge in [0.15, 0.2) is 0 Å². The molecule has 6 heteroatoms. The van der Waals surface area contributed by atoms with Gasteiger partial charge in [-0.15, -0.1) is 0 Å². The highest BCUT2D eigenvalue weighted by molar-refractivity contribution is 6.01. The summed E-state index contributed by atoms with van der Waals surface area (Å²) in [5.41, 5.74) is 7.19. The van der Waals surface area contributed by atoms with E-state index >= 15 is 0 Å². The molecule has 24 heavy (non-hydrogen) atoms. The lowest BCUT2D eigenvalue weighted by Gasteiger charge is -2.28.